The normalized spacial score (nSPS) is 27.4. The second-order valence-corrected chi connectivity index (χ2v) is 10.8. The van der Waals surface area contributed by atoms with Crippen LogP contribution in [0.3, 0.4) is 0 Å². The van der Waals surface area contributed by atoms with Gasteiger partial charge in [0.05, 0.1) is 31.3 Å². The summed E-state index contributed by atoms with van der Waals surface area (Å²) in [4.78, 5) is 12.5. The van der Waals surface area contributed by atoms with Gasteiger partial charge in [0, 0.05) is 16.7 Å². The Labute approximate surface area is 196 Å². The number of nitriles is 1. The van der Waals surface area contributed by atoms with Crippen molar-refractivity contribution < 1.29 is 19.7 Å². The Balaban J connectivity index is 1.45. The number of carbonyl (C=O) groups excluding carboxylic acids is 1. The number of carbonyl (C=O) groups is 1. The average molecular weight is 462 g/mol. The second-order valence-electron chi connectivity index (χ2n) is 9.83. The van der Waals surface area contributed by atoms with E-state index in [1.165, 1.54) is 18.4 Å². The first-order valence-electron chi connectivity index (χ1n) is 12.4. The maximum atomic E-state index is 11.2. The molecule has 0 spiro atoms. The summed E-state index contributed by atoms with van der Waals surface area (Å²) in [5, 5.41) is 33.4. The van der Waals surface area contributed by atoms with Crippen LogP contribution in [-0.2, 0) is 14.9 Å². The highest BCUT2D eigenvalue weighted by molar-refractivity contribution is 7.10. The Kier molecular flexibility index (Phi) is 9.58. The molecule has 0 saturated heterocycles. The molecule has 5 atom stereocenters. The van der Waals surface area contributed by atoms with Crippen molar-refractivity contribution in [1.29, 1.82) is 5.26 Å². The highest BCUT2D eigenvalue weighted by Crippen LogP contribution is 2.50. The van der Waals surface area contributed by atoms with Crippen molar-refractivity contribution in [3.8, 4) is 6.07 Å². The zero-order chi connectivity index (χ0) is 23.0. The van der Waals surface area contributed by atoms with Crippen molar-refractivity contribution in [3.63, 3.8) is 0 Å². The Hall–Kier alpha value is -1.42. The minimum absolute atomic E-state index is 0.0543. The van der Waals surface area contributed by atoms with E-state index in [-0.39, 0.29) is 35.2 Å². The predicted octanol–water partition coefficient (Wildman–Crippen LogP) is 5.35. The lowest BCUT2D eigenvalue weighted by atomic mass is 9.63. The Morgan fingerprint density at radius 2 is 2.00 bits per heavy atom. The van der Waals surface area contributed by atoms with Crippen LogP contribution in [0.5, 0.6) is 0 Å². The maximum absolute atomic E-state index is 11.2. The Bertz CT molecular complexity index is 740. The van der Waals surface area contributed by atoms with Crippen molar-refractivity contribution in [1.82, 2.24) is 0 Å². The molecule has 0 amide bonds. The van der Waals surface area contributed by atoms with E-state index in [1.807, 2.05) is 0 Å². The molecular weight excluding hydrogens is 422 g/mol. The monoisotopic (exact) mass is 461 g/mol. The molecule has 5 nitrogen and oxygen atoms in total. The first-order chi connectivity index (χ1) is 15.5. The fraction of sp³-hybridized carbons (Fsp3) is 0.769. The minimum Gasteiger partial charge on any atom is -0.469 e. The average Bonchev–Trinajstić information content (AvgIpc) is 3.38. The fourth-order valence-corrected chi connectivity index (χ4v) is 6.99. The third kappa shape index (κ3) is 5.92. The minimum atomic E-state index is -0.406. The number of nitrogens with zero attached hydrogens (tertiary/aromatic N) is 1. The highest BCUT2D eigenvalue weighted by Gasteiger charge is 2.46. The molecule has 1 unspecified atom stereocenters. The molecule has 0 bridgehead atoms. The largest absolute Gasteiger partial charge is 0.469 e. The van der Waals surface area contributed by atoms with Gasteiger partial charge in [0.15, 0.2) is 0 Å². The summed E-state index contributed by atoms with van der Waals surface area (Å²) in [6, 6.07) is 6.67. The molecular formula is C26H39NO4S. The van der Waals surface area contributed by atoms with Gasteiger partial charge in [-0.3, -0.25) is 4.79 Å². The maximum Gasteiger partial charge on any atom is 0.305 e. The van der Waals surface area contributed by atoms with Crippen LogP contribution < -0.4 is 0 Å². The summed E-state index contributed by atoms with van der Waals surface area (Å²) in [5.41, 5.74) is -0.0543. The topological polar surface area (TPSA) is 90.6 Å². The van der Waals surface area contributed by atoms with Crippen LogP contribution in [0.2, 0.25) is 0 Å². The zero-order valence-electron chi connectivity index (χ0n) is 19.4. The molecule has 0 aromatic carbocycles. The Morgan fingerprint density at radius 3 is 2.62 bits per heavy atom. The van der Waals surface area contributed by atoms with Crippen molar-refractivity contribution in [2.75, 3.05) is 7.11 Å². The molecule has 1 aromatic heterocycles. The van der Waals surface area contributed by atoms with E-state index < -0.39 is 6.10 Å². The van der Waals surface area contributed by atoms with E-state index >= 15 is 0 Å². The highest BCUT2D eigenvalue weighted by atomic mass is 32.1. The van der Waals surface area contributed by atoms with Gasteiger partial charge in [-0.1, -0.05) is 38.2 Å². The van der Waals surface area contributed by atoms with Crippen LogP contribution >= 0.6 is 11.3 Å². The number of aliphatic hydroxyl groups is 2. The molecule has 32 heavy (non-hydrogen) atoms. The number of hydrogen-bond acceptors (Lipinski definition) is 6. The SMILES string of the molecule is COC(=O)CCCCCC[C@@H]1[C@@H](CCCC(O)C2(c3cccs3)CCC2)[C@H](O)C[C@@H]1C#N. The van der Waals surface area contributed by atoms with E-state index in [2.05, 4.69) is 28.3 Å². The lowest BCUT2D eigenvalue weighted by Crippen LogP contribution is -2.45. The molecule has 178 valence electrons. The van der Waals surface area contributed by atoms with Gasteiger partial charge in [0.2, 0.25) is 0 Å². The lowest BCUT2D eigenvalue weighted by molar-refractivity contribution is -0.140. The summed E-state index contributed by atoms with van der Waals surface area (Å²) in [6.45, 7) is 0. The molecule has 2 N–H and O–H groups in total. The van der Waals surface area contributed by atoms with E-state index in [4.69, 9.17) is 0 Å². The number of hydrogen-bond donors (Lipinski definition) is 2. The van der Waals surface area contributed by atoms with Crippen LogP contribution in [0.15, 0.2) is 17.5 Å². The van der Waals surface area contributed by atoms with E-state index in [0.717, 1.165) is 64.2 Å². The molecule has 2 saturated carbocycles. The summed E-state index contributed by atoms with van der Waals surface area (Å²) < 4.78 is 4.68. The molecule has 6 heteroatoms. The van der Waals surface area contributed by atoms with Gasteiger partial charge in [-0.25, -0.2) is 0 Å². The van der Waals surface area contributed by atoms with E-state index in [0.29, 0.717) is 12.8 Å². The summed E-state index contributed by atoms with van der Waals surface area (Å²) >= 11 is 1.75. The second kappa shape index (κ2) is 12.2. The van der Waals surface area contributed by atoms with Gasteiger partial charge in [-0.2, -0.15) is 5.26 Å². The smallest absolute Gasteiger partial charge is 0.305 e. The zero-order valence-corrected chi connectivity index (χ0v) is 20.2. The number of ether oxygens (including phenoxy) is 1. The van der Waals surface area contributed by atoms with Crippen LogP contribution in [0, 0.1) is 29.1 Å². The summed E-state index contributed by atoms with van der Waals surface area (Å²) in [6.07, 6.45) is 11.0. The van der Waals surface area contributed by atoms with Crippen molar-refractivity contribution >= 4 is 17.3 Å². The third-order valence-electron chi connectivity index (χ3n) is 8.03. The van der Waals surface area contributed by atoms with Gasteiger partial charge >= 0.3 is 5.97 Å². The van der Waals surface area contributed by atoms with Gasteiger partial charge in [0.25, 0.3) is 0 Å². The molecule has 2 fully saturated rings. The number of methoxy groups -OCH3 is 1. The van der Waals surface area contributed by atoms with Crippen LogP contribution in [-0.4, -0.2) is 35.5 Å². The number of aliphatic hydroxyl groups excluding tert-OH is 2. The quantitative estimate of drug-likeness (QED) is 0.305. The Morgan fingerprint density at radius 1 is 1.25 bits per heavy atom. The van der Waals surface area contributed by atoms with Gasteiger partial charge < -0.3 is 14.9 Å². The molecule has 2 aliphatic carbocycles. The standard InChI is InChI=1S/C26H39NO4S/c1-31-25(30)13-5-3-2-4-9-20-19(18-27)17-22(28)21(20)10-6-11-23(29)26(14-8-15-26)24-12-7-16-32-24/h7,12,16,19-23,28-29H,2-6,8-11,13-15,17H2,1H3/t19-,20+,21-,22-,23?/m1/s1. The molecule has 0 radical (unpaired) electrons. The third-order valence-corrected chi connectivity index (χ3v) is 9.12. The van der Waals surface area contributed by atoms with Gasteiger partial charge in [-0.15, -0.1) is 11.3 Å². The fourth-order valence-electron chi connectivity index (χ4n) is 5.96. The number of thiophene rings is 1. The molecule has 3 rings (SSSR count). The van der Waals surface area contributed by atoms with Crippen molar-refractivity contribution in [2.24, 2.45) is 17.8 Å². The van der Waals surface area contributed by atoms with Crippen molar-refractivity contribution in [2.45, 2.75) is 101 Å². The lowest BCUT2D eigenvalue weighted by Gasteiger charge is -2.45. The van der Waals surface area contributed by atoms with E-state index in [9.17, 15) is 20.3 Å². The van der Waals surface area contributed by atoms with Crippen LogP contribution in [0.4, 0.5) is 0 Å². The molecule has 1 aromatic rings. The molecule has 1 heterocycles. The van der Waals surface area contributed by atoms with Gasteiger partial charge in [0.1, 0.15) is 0 Å². The van der Waals surface area contributed by atoms with Crippen molar-refractivity contribution in [3.05, 3.63) is 22.4 Å². The van der Waals surface area contributed by atoms with E-state index in [1.54, 1.807) is 11.3 Å². The van der Waals surface area contributed by atoms with Crippen LogP contribution in [0.25, 0.3) is 0 Å². The first kappa shape index (κ1) is 25.2. The molecule has 0 aliphatic heterocycles. The predicted molar refractivity (Wildman–Crippen MR) is 126 cm³/mol. The summed E-state index contributed by atoms with van der Waals surface area (Å²) in [7, 11) is 1.42. The molecule has 2 aliphatic rings. The number of esters is 1. The summed E-state index contributed by atoms with van der Waals surface area (Å²) in [5.74, 6) is 0.168. The first-order valence-corrected chi connectivity index (χ1v) is 13.3. The van der Waals surface area contributed by atoms with Gasteiger partial charge in [-0.05, 0) is 68.2 Å². The van der Waals surface area contributed by atoms with Crippen LogP contribution in [0.1, 0.15) is 88.3 Å². The number of rotatable bonds is 13. The number of unbranched alkanes of at least 4 members (excludes halogenated alkanes) is 3.